The molecule has 2 aromatic rings. The van der Waals surface area contributed by atoms with Gasteiger partial charge >= 0.3 is 0 Å². The first kappa shape index (κ1) is 8.43. The van der Waals surface area contributed by atoms with Gasteiger partial charge in [0, 0.05) is 29.4 Å². The largest absolute Gasteiger partial charge is 0.346 e. The molecule has 5 nitrogen and oxygen atoms in total. The summed E-state index contributed by atoms with van der Waals surface area (Å²) >= 11 is 0. The minimum absolute atomic E-state index is 0.491. The van der Waals surface area contributed by atoms with Crippen LogP contribution in [0.4, 0.5) is 0 Å². The van der Waals surface area contributed by atoms with Crippen molar-refractivity contribution in [2.45, 2.75) is 0 Å². The fourth-order valence-corrected chi connectivity index (χ4v) is 1.26. The third kappa shape index (κ3) is 1.47. The summed E-state index contributed by atoms with van der Waals surface area (Å²) in [5.74, 6) is 0. The van der Waals surface area contributed by atoms with E-state index in [0.717, 1.165) is 22.8 Å². The Balaban J connectivity index is 2.48. The Morgan fingerprint density at radius 3 is 3.21 bits per heavy atom. The van der Waals surface area contributed by atoms with Gasteiger partial charge in [-0.25, -0.2) is 4.98 Å². The maximum atomic E-state index is 10.1. The van der Waals surface area contributed by atoms with E-state index in [2.05, 4.69) is 9.97 Å². The number of hydrogen-bond donors (Lipinski definition) is 1. The molecule has 70 valence electrons. The van der Waals surface area contributed by atoms with Crippen LogP contribution >= 0.6 is 0 Å². The molecule has 0 aliphatic rings. The second kappa shape index (κ2) is 3.29. The number of rotatable bonds is 2. The number of nitrogens with zero attached hydrogens (tertiary/aromatic N) is 2. The monoisotopic (exact) mass is 189 g/mol. The maximum Gasteiger partial charge on any atom is 0.235 e. The van der Waals surface area contributed by atoms with Crippen molar-refractivity contribution >= 4 is 17.1 Å². The van der Waals surface area contributed by atoms with Crippen molar-refractivity contribution in [3.63, 3.8) is 0 Å². The Hall–Kier alpha value is -2.17. The number of hydrogen-bond acceptors (Lipinski definition) is 3. The third-order valence-electron chi connectivity index (χ3n) is 1.86. The molecule has 2 heterocycles. The van der Waals surface area contributed by atoms with Crippen molar-refractivity contribution in [2.24, 2.45) is 0 Å². The molecular formula is C9H7N3O2. The highest BCUT2D eigenvalue weighted by Gasteiger charge is 2.00. The molecule has 1 N–H and O–H groups in total. The van der Waals surface area contributed by atoms with E-state index < -0.39 is 4.92 Å². The summed E-state index contributed by atoms with van der Waals surface area (Å²) in [7, 11) is 0. The van der Waals surface area contributed by atoms with Gasteiger partial charge in [-0.05, 0) is 12.1 Å². The highest BCUT2D eigenvalue weighted by molar-refractivity contribution is 5.85. The molecule has 0 spiro atoms. The maximum absolute atomic E-state index is 10.1. The molecular weight excluding hydrogens is 182 g/mol. The lowest BCUT2D eigenvalue weighted by Gasteiger charge is -1.87. The molecule has 2 aromatic heterocycles. The van der Waals surface area contributed by atoms with Gasteiger partial charge in [0.05, 0.1) is 4.92 Å². The fraction of sp³-hybridized carbons (Fsp3) is 0. The molecule has 0 aliphatic carbocycles. The van der Waals surface area contributed by atoms with Crippen LogP contribution in [0.1, 0.15) is 5.56 Å². The van der Waals surface area contributed by atoms with Crippen molar-refractivity contribution in [2.75, 3.05) is 0 Å². The predicted octanol–water partition coefficient (Wildman–Crippen LogP) is 1.81. The number of nitro groups is 1. The van der Waals surface area contributed by atoms with E-state index in [9.17, 15) is 10.1 Å². The fourth-order valence-electron chi connectivity index (χ4n) is 1.26. The lowest BCUT2D eigenvalue weighted by atomic mass is 10.2. The first-order valence-corrected chi connectivity index (χ1v) is 4.01. The number of aromatic amines is 1. The van der Waals surface area contributed by atoms with Crippen LogP contribution in [-0.4, -0.2) is 14.9 Å². The van der Waals surface area contributed by atoms with E-state index in [-0.39, 0.29) is 0 Å². The SMILES string of the molecule is O=[N+]([O-])/C=C/c1c[nH]c2ncccc12. The highest BCUT2D eigenvalue weighted by atomic mass is 16.6. The summed E-state index contributed by atoms with van der Waals surface area (Å²) in [5.41, 5.74) is 1.50. The van der Waals surface area contributed by atoms with Crippen molar-refractivity contribution in [1.82, 2.24) is 9.97 Å². The Bertz CT molecular complexity index is 501. The average molecular weight is 189 g/mol. The average Bonchev–Trinajstić information content (AvgIpc) is 2.58. The van der Waals surface area contributed by atoms with Gasteiger partial charge in [-0.2, -0.15) is 0 Å². The van der Waals surface area contributed by atoms with Crippen LogP contribution in [0.25, 0.3) is 17.1 Å². The number of fused-ring (bicyclic) bond motifs is 1. The zero-order valence-electron chi connectivity index (χ0n) is 7.18. The van der Waals surface area contributed by atoms with Gasteiger partial charge in [-0.1, -0.05) is 0 Å². The molecule has 0 amide bonds. The van der Waals surface area contributed by atoms with Crippen LogP contribution in [0.3, 0.4) is 0 Å². The summed E-state index contributed by atoms with van der Waals surface area (Å²) in [6.45, 7) is 0. The van der Waals surface area contributed by atoms with Crippen LogP contribution in [0, 0.1) is 10.1 Å². The molecule has 0 saturated carbocycles. The Kier molecular flexibility index (Phi) is 1.98. The molecule has 0 bridgehead atoms. The number of H-pyrrole nitrogens is 1. The van der Waals surface area contributed by atoms with Gasteiger partial charge < -0.3 is 4.98 Å². The number of aromatic nitrogens is 2. The molecule has 0 radical (unpaired) electrons. The summed E-state index contributed by atoms with van der Waals surface area (Å²) < 4.78 is 0. The topological polar surface area (TPSA) is 71.8 Å². The molecule has 14 heavy (non-hydrogen) atoms. The Morgan fingerprint density at radius 2 is 2.43 bits per heavy atom. The second-order valence-corrected chi connectivity index (χ2v) is 2.74. The minimum Gasteiger partial charge on any atom is -0.346 e. The van der Waals surface area contributed by atoms with Gasteiger partial charge in [0.15, 0.2) is 0 Å². The lowest BCUT2D eigenvalue weighted by Crippen LogP contribution is -1.81. The normalized spacial score (nSPS) is 11.1. The summed E-state index contributed by atoms with van der Waals surface area (Å²) in [6.07, 6.45) is 5.72. The molecule has 0 atom stereocenters. The zero-order valence-corrected chi connectivity index (χ0v) is 7.18. The smallest absolute Gasteiger partial charge is 0.235 e. The van der Waals surface area contributed by atoms with E-state index in [4.69, 9.17) is 0 Å². The van der Waals surface area contributed by atoms with Crippen LogP contribution in [0.5, 0.6) is 0 Å². The van der Waals surface area contributed by atoms with Crippen molar-refractivity contribution < 1.29 is 4.92 Å². The number of nitrogens with one attached hydrogen (secondary N) is 1. The van der Waals surface area contributed by atoms with Crippen LogP contribution in [0.15, 0.2) is 30.7 Å². The molecule has 0 saturated heterocycles. The molecule has 5 heteroatoms. The van der Waals surface area contributed by atoms with Crippen LogP contribution in [0.2, 0.25) is 0 Å². The van der Waals surface area contributed by atoms with Gasteiger partial charge in [-0.3, -0.25) is 10.1 Å². The highest BCUT2D eigenvalue weighted by Crippen LogP contribution is 2.16. The zero-order chi connectivity index (χ0) is 9.97. The molecule has 2 rings (SSSR count). The van der Waals surface area contributed by atoms with Gasteiger partial charge in [0.2, 0.25) is 6.20 Å². The molecule has 0 unspecified atom stereocenters. The van der Waals surface area contributed by atoms with E-state index in [1.54, 1.807) is 18.5 Å². The van der Waals surface area contributed by atoms with Crippen molar-refractivity contribution in [3.05, 3.63) is 46.4 Å². The lowest BCUT2D eigenvalue weighted by molar-refractivity contribution is -0.400. The van der Waals surface area contributed by atoms with Crippen molar-refractivity contribution in [3.8, 4) is 0 Å². The van der Waals surface area contributed by atoms with E-state index in [1.165, 1.54) is 6.08 Å². The van der Waals surface area contributed by atoms with Crippen LogP contribution < -0.4 is 0 Å². The predicted molar refractivity (Wildman–Crippen MR) is 52.1 cm³/mol. The molecule has 0 aliphatic heterocycles. The van der Waals surface area contributed by atoms with Gasteiger partial charge in [-0.15, -0.1) is 0 Å². The minimum atomic E-state index is -0.491. The Morgan fingerprint density at radius 1 is 1.57 bits per heavy atom. The second-order valence-electron chi connectivity index (χ2n) is 2.74. The molecule has 0 fully saturated rings. The third-order valence-corrected chi connectivity index (χ3v) is 1.86. The Labute approximate surface area is 79.2 Å². The molecule has 0 aromatic carbocycles. The quantitative estimate of drug-likeness (QED) is 0.578. The number of pyridine rings is 1. The standard InChI is InChI=1S/C9H7N3O2/c13-12(14)5-3-7-6-11-9-8(7)2-1-4-10-9/h1-6H,(H,10,11)/b5-3+. The van der Waals surface area contributed by atoms with Crippen LogP contribution in [-0.2, 0) is 0 Å². The van der Waals surface area contributed by atoms with Crippen molar-refractivity contribution in [1.29, 1.82) is 0 Å². The van der Waals surface area contributed by atoms with E-state index in [0.29, 0.717) is 0 Å². The summed E-state index contributed by atoms with van der Waals surface area (Å²) in [4.78, 5) is 16.6. The van der Waals surface area contributed by atoms with E-state index in [1.807, 2.05) is 6.07 Å². The summed E-state index contributed by atoms with van der Waals surface area (Å²) in [6, 6.07) is 3.65. The van der Waals surface area contributed by atoms with Gasteiger partial charge in [0.1, 0.15) is 5.65 Å². The van der Waals surface area contributed by atoms with E-state index >= 15 is 0 Å². The van der Waals surface area contributed by atoms with Gasteiger partial charge in [0.25, 0.3) is 0 Å². The summed E-state index contributed by atoms with van der Waals surface area (Å²) in [5, 5.41) is 11.0. The first-order chi connectivity index (χ1) is 6.77. The first-order valence-electron chi connectivity index (χ1n) is 4.01.